The van der Waals surface area contributed by atoms with E-state index < -0.39 is 29.6 Å². The number of ketones is 1. The Morgan fingerprint density at radius 2 is 1.25 bits per heavy atom. The van der Waals surface area contributed by atoms with E-state index >= 15 is 0 Å². The molecule has 12 heteroatoms. The third-order valence-corrected chi connectivity index (χ3v) is 6.75. The summed E-state index contributed by atoms with van der Waals surface area (Å²) < 4.78 is 5.00. The molecular formula is C44H70ClN5O6. The fourth-order valence-electron chi connectivity index (χ4n) is 3.68. The van der Waals surface area contributed by atoms with Crippen molar-refractivity contribution >= 4 is 47.2 Å². The van der Waals surface area contributed by atoms with Gasteiger partial charge in [-0.25, -0.2) is 4.79 Å². The number of epoxide rings is 1. The molecular weight excluding hydrogens is 730 g/mol. The SMILES string of the molecule is CC.CCC.CCC.CCc1ccccc1.CNCC(=O)NC(C)C(=O)[C@@]1(C)CO1.C[C@@H](C=O)NC(=O)CNC(=O)Nc1ccc(Cl)cc1.Cc1ccccc1. The summed E-state index contributed by atoms with van der Waals surface area (Å²) in [5.41, 5.74) is 2.63. The average molecular weight is 801 g/mol. The molecule has 3 atom stereocenters. The van der Waals surface area contributed by atoms with Crippen molar-refractivity contribution < 1.29 is 28.7 Å². The van der Waals surface area contributed by atoms with Crippen molar-refractivity contribution in [1.29, 1.82) is 0 Å². The molecule has 0 spiro atoms. The zero-order chi connectivity index (χ0) is 43.4. The van der Waals surface area contributed by atoms with Crippen LogP contribution in [0.1, 0.15) is 93.2 Å². The van der Waals surface area contributed by atoms with Crippen molar-refractivity contribution in [3.05, 3.63) is 101 Å². The second kappa shape index (κ2) is 36.1. The van der Waals surface area contributed by atoms with Gasteiger partial charge in [0, 0.05) is 10.7 Å². The maximum atomic E-state index is 11.6. The van der Waals surface area contributed by atoms with Gasteiger partial charge >= 0.3 is 6.03 Å². The van der Waals surface area contributed by atoms with Gasteiger partial charge in [-0.2, -0.15) is 0 Å². The van der Waals surface area contributed by atoms with E-state index in [1.54, 1.807) is 52.1 Å². The number of carbonyl (C=O) groups excluding carboxylic acids is 5. The number of likely N-dealkylation sites (N-methyl/N-ethyl adjacent to an activating group) is 1. The summed E-state index contributed by atoms with van der Waals surface area (Å²) in [6.07, 6.45) is 4.24. The molecule has 4 rings (SSSR count). The van der Waals surface area contributed by atoms with Gasteiger partial charge in [-0.3, -0.25) is 14.4 Å². The number of carbonyl (C=O) groups is 5. The average Bonchev–Trinajstić information content (AvgIpc) is 3.95. The predicted octanol–water partition coefficient (Wildman–Crippen LogP) is 8.34. The Bertz CT molecular complexity index is 1440. The first kappa shape index (κ1) is 55.8. The van der Waals surface area contributed by atoms with Crippen molar-refractivity contribution in [2.45, 2.75) is 113 Å². The number of benzene rings is 3. The van der Waals surface area contributed by atoms with E-state index in [4.69, 9.17) is 16.3 Å². The van der Waals surface area contributed by atoms with Crippen molar-refractivity contribution in [2.75, 3.05) is 32.1 Å². The minimum absolute atomic E-state index is 0.0676. The number of amides is 4. The molecule has 1 aliphatic rings. The smallest absolute Gasteiger partial charge is 0.319 e. The fourth-order valence-corrected chi connectivity index (χ4v) is 3.81. The molecule has 56 heavy (non-hydrogen) atoms. The predicted molar refractivity (Wildman–Crippen MR) is 233 cm³/mol. The highest BCUT2D eigenvalue weighted by Crippen LogP contribution is 2.28. The number of anilines is 1. The molecule has 1 aliphatic heterocycles. The molecule has 314 valence electrons. The highest BCUT2D eigenvalue weighted by molar-refractivity contribution is 6.30. The number of halogens is 1. The maximum Gasteiger partial charge on any atom is 0.319 e. The van der Waals surface area contributed by atoms with Gasteiger partial charge in [0.1, 0.15) is 11.9 Å². The normalized spacial score (nSPS) is 13.7. The molecule has 11 nitrogen and oxygen atoms in total. The van der Waals surface area contributed by atoms with Gasteiger partial charge in [0.15, 0.2) is 5.78 Å². The van der Waals surface area contributed by atoms with Crippen molar-refractivity contribution in [3.63, 3.8) is 0 Å². The van der Waals surface area contributed by atoms with Crippen molar-refractivity contribution in [3.8, 4) is 0 Å². The Hall–Kier alpha value is -4.58. The van der Waals surface area contributed by atoms with Gasteiger partial charge < -0.3 is 36.1 Å². The second-order valence-electron chi connectivity index (χ2n) is 12.4. The first-order valence-corrected chi connectivity index (χ1v) is 19.8. The molecule has 5 N–H and O–H groups in total. The Morgan fingerprint density at radius 3 is 1.62 bits per heavy atom. The first-order valence-electron chi connectivity index (χ1n) is 19.4. The van der Waals surface area contributed by atoms with E-state index in [-0.39, 0.29) is 24.8 Å². The molecule has 3 aromatic carbocycles. The van der Waals surface area contributed by atoms with E-state index in [2.05, 4.69) is 105 Å². The third kappa shape index (κ3) is 31.7. The summed E-state index contributed by atoms with van der Waals surface area (Å²) in [6.45, 7) is 22.2. The van der Waals surface area contributed by atoms with Crippen LogP contribution < -0.4 is 26.6 Å². The zero-order valence-electron chi connectivity index (χ0n) is 35.9. The van der Waals surface area contributed by atoms with Crippen LogP contribution in [-0.2, 0) is 30.3 Å². The van der Waals surface area contributed by atoms with Crippen molar-refractivity contribution in [2.24, 2.45) is 0 Å². The van der Waals surface area contributed by atoms with Crippen LogP contribution in [0.2, 0.25) is 5.02 Å². The lowest BCUT2D eigenvalue weighted by atomic mass is 10.0. The van der Waals surface area contributed by atoms with Gasteiger partial charge in [0.2, 0.25) is 11.8 Å². The number of Topliss-reactive ketones (excluding diaryl/α,β-unsaturated/α-hetero) is 1. The fraction of sp³-hybridized carbons (Fsp3) is 0.477. The number of rotatable bonds is 11. The monoisotopic (exact) mass is 800 g/mol. The summed E-state index contributed by atoms with van der Waals surface area (Å²) in [5.74, 6) is -0.689. The summed E-state index contributed by atoms with van der Waals surface area (Å²) in [6, 6.07) is 25.7. The van der Waals surface area contributed by atoms with Gasteiger partial charge in [-0.15, -0.1) is 0 Å². The van der Waals surface area contributed by atoms with E-state index in [9.17, 15) is 24.0 Å². The quantitative estimate of drug-likeness (QED) is 0.0964. The van der Waals surface area contributed by atoms with Crippen LogP contribution in [0.3, 0.4) is 0 Å². The molecule has 1 unspecified atom stereocenters. The largest absolute Gasteiger partial charge is 0.361 e. The van der Waals surface area contributed by atoms with Crippen LogP contribution in [0.4, 0.5) is 10.5 Å². The number of urea groups is 1. The number of ether oxygens (including phenoxy) is 1. The lowest BCUT2D eigenvalue weighted by Gasteiger charge is -2.14. The molecule has 1 heterocycles. The lowest BCUT2D eigenvalue weighted by Crippen LogP contribution is -2.46. The van der Waals surface area contributed by atoms with E-state index in [0.29, 0.717) is 23.6 Å². The first-order chi connectivity index (χ1) is 26.7. The highest BCUT2D eigenvalue weighted by Gasteiger charge is 2.48. The standard InChI is InChI=1S/C12H14ClN3O3.C9H16N2O3.C8H10.C7H8.2C3H8.C2H6/c1-8(7-17)15-11(18)6-14-12(19)16-10-4-2-9(13)3-5-10;1-6(11-7(12)4-10-3)8(13)9(2)5-14-9;1-2-8-6-4-3-5-7-8;1-7-5-3-2-4-6-7;2*1-3-2;1-2/h2-5,7-8H,6H2,1H3,(H,15,18)(H2,14,16,19);6,10H,4-5H2,1-3H3,(H,11,12);3-7H,2H2,1H3;2-6H,1H3;2*3H2,1-2H3;1-2H3/t8-;6?,9-;;;;;/m01...../s1. The third-order valence-electron chi connectivity index (χ3n) is 6.50. The number of hydrogen-bond donors (Lipinski definition) is 5. The molecule has 3 aromatic rings. The highest BCUT2D eigenvalue weighted by atomic mass is 35.5. The topological polar surface area (TPSA) is 158 Å². The second-order valence-corrected chi connectivity index (χ2v) is 12.9. The molecule has 0 saturated carbocycles. The van der Waals surface area contributed by atoms with Crippen LogP contribution in [0.5, 0.6) is 0 Å². The van der Waals surface area contributed by atoms with Crippen LogP contribution in [-0.4, -0.2) is 74.3 Å². The Morgan fingerprint density at radius 1 is 0.786 bits per heavy atom. The zero-order valence-corrected chi connectivity index (χ0v) is 36.6. The Balaban J connectivity index is -0.000000663. The van der Waals surface area contributed by atoms with Crippen molar-refractivity contribution in [1.82, 2.24) is 21.3 Å². The minimum atomic E-state index is -0.660. The van der Waals surface area contributed by atoms with Crippen LogP contribution >= 0.6 is 11.6 Å². The number of aryl methyl sites for hydroxylation is 2. The molecule has 1 fully saturated rings. The molecule has 0 bridgehead atoms. The van der Waals surface area contributed by atoms with Crippen LogP contribution in [0, 0.1) is 6.92 Å². The number of hydrogen-bond acceptors (Lipinski definition) is 7. The minimum Gasteiger partial charge on any atom is -0.361 e. The molecule has 0 radical (unpaired) electrons. The van der Waals surface area contributed by atoms with Gasteiger partial charge in [0.25, 0.3) is 0 Å². The van der Waals surface area contributed by atoms with Gasteiger partial charge in [-0.1, -0.05) is 139 Å². The Kier molecular flexibility index (Phi) is 35.9. The van der Waals surface area contributed by atoms with Crippen LogP contribution in [0.25, 0.3) is 0 Å². The molecule has 4 amide bonds. The maximum absolute atomic E-state index is 11.6. The van der Waals surface area contributed by atoms with E-state index in [1.165, 1.54) is 24.0 Å². The van der Waals surface area contributed by atoms with E-state index in [1.807, 2.05) is 38.1 Å². The summed E-state index contributed by atoms with van der Waals surface area (Å²) in [5, 5.41) is 13.2. The number of aldehydes is 1. The molecule has 1 saturated heterocycles. The Labute approximate surface area is 342 Å². The molecule has 0 aromatic heterocycles. The molecule has 0 aliphatic carbocycles. The number of nitrogens with one attached hydrogen (secondary N) is 5. The summed E-state index contributed by atoms with van der Waals surface area (Å²) in [7, 11) is 1.68. The van der Waals surface area contributed by atoms with E-state index in [0.717, 1.165) is 6.42 Å². The van der Waals surface area contributed by atoms with Crippen LogP contribution in [0.15, 0.2) is 84.9 Å². The summed E-state index contributed by atoms with van der Waals surface area (Å²) in [4.78, 5) is 55.8. The summed E-state index contributed by atoms with van der Waals surface area (Å²) >= 11 is 5.70. The van der Waals surface area contributed by atoms with Gasteiger partial charge in [-0.05, 0) is 71.0 Å². The lowest BCUT2D eigenvalue weighted by molar-refractivity contribution is -0.129. The van der Waals surface area contributed by atoms with Gasteiger partial charge in [0.05, 0.1) is 31.8 Å².